The van der Waals surface area contributed by atoms with Crippen molar-refractivity contribution in [2.45, 2.75) is 6.61 Å². The standard InChI is InChI=1S/C25H24O6/c1-28-23-14-18(15-24(29-2)25(23)30-3)16-31-21-11-7-19(8-12-21)22(27)13-6-17-4-9-20(26)10-5-17/h4-15,26H,16H2,1-3H3/b13-6+. The third-order valence-corrected chi connectivity index (χ3v) is 4.59. The summed E-state index contributed by atoms with van der Waals surface area (Å²) in [7, 11) is 4.68. The Balaban J connectivity index is 1.64. The van der Waals surface area contributed by atoms with Crippen molar-refractivity contribution in [3.8, 4) is 28.7 Å². The molecule has 3 aromatic carbocycles. The highest BCUT2D eigenvalue weighted by atomic mass is 16.5. The van der Waals surface area contributed by atoms with Gasteiger partial charge in [0.1, 0.15) is 18.1 Å². The van der Waals surface area contributed by atoms with E-state index < -0.39 is 0 Å². The van der Waals surface area contributed by atoms with E-state index in [2.05, 4.69) is 0 Å². The molecule has 0 unspecified atom stereocenters. The monoisotopic (exact) mass is 420 g/mol. The Kier molecular flexibility index (Phi) is 7.17. The van der Waals surface area contributed by atoms with Crippen molar-refractivity contribution < 1.29 is 28.8 Å². The molecule has 0 aliphatic carbocycles. The number of aromatic hydroxyl groups is 1. The maximum absolute atomic E-state index is 12.4. The van der Waals surface area contributed by atoms with Crippen LogP contribution in [0.15, 0.2) is 66.7 Å². The molecular formula is C25H24O6. The second kappa shape index (κ2) is 10.2. The number of hydrogen-bond donors (Lipinski definition) is 1. The number of benzene rings is 3. The summed E-state index contributed by atoms with van der Waals surface area (Å²) in [6.07, 6.45) is 3.20. The lowest BCUT2D eigenvalue weighted by molar-refractivity contribution is 0.104. The SMILES string of the molecule is COc1cc(COc2ccc(C(=O)/C=C/c3ccc(O)cc3)cc2)cc(OC)c1OC. The third kappa shape index (κ3) is 5.57. The maximum atomic E-state index is 12.4. The van der Waals surface area contributed by atoms with Crippen LogP contribution in [0.25, 0.3) is 6.08 Å². The highest BCUT2D eigenvalue weighted by Crippen LogP contribution is 2.38. The van der Waals surface area contributed by atoms with Gasteiger partial charge in [0.2, 0.25) is 5.75 Å². The number of ether oxygens (including phenoxy) is 4. The van der Waals surface area contributed by atoms with Gasteiger partial charge in [-0.1, -0.05) is 18.2 Å². The minimum atomic E-state index is -0.121. The summed E-state index contributed by atoms with van der Waals surface area (Å²) in [4.78, 5) is 12.4. The van der Waals surface area contributed by atoms with Crippen LogP contribution in [-0.2, 0) is 6.61 Å². The fraction of sp³-hybridized carbons (Fsp3) is 0.160. The normalized spacial score (nSPS) is 10.7. The van der Waals surface area contributed by atoms with Gasteiger partial charge in [0.15, 0.2) is 17.3 Å². The highest BCUT2D eigenvalue weighted by molar-refractivity contribution is 6.06. The summed E-state index contributed by atoms with van der Waals surface area (Å²) in [6.45, 7) is 0.296. The van der Waals surface area contributed by atoms with Crippen LogP contribution in [0, 0.1) is 0 Å². The van der Waals surface area contributed by atoms with Crippen molar-refractivity contribution in [1.82, 2.24) is 0 Å². The number of carbonyl (C=O) groups excluding carboxylic acids is 1. The van der Waals surface area contributed by atoms with E-state index >= 15 is 0 Å². The molecule has 6 heteroatoms. The van der Waals surface area contributed by atoms with E-state index in [0.29, 0.717) is 35.2 Å². The van der Waals surface area contributed by atoms with Crippen molar-refractivity contribution in [2.24, 2.45) is 0 Å². The van der Waals surface area contributed by atoms with Crippen LogP contribution in [-0.4, -0.2) is 32.2 Å². The highest BCUT2D eigenvalue weighted by Gasteiger charge is 2.13. The fourth-order valence-corrected chi connectivity index (χ4v) is 2.95. The molecule has 0 spiro atoms. The van der Waals surface area contributed by atoms with E-state index in [1.165, 1.54) is 6.08 Å². The zero-order valence-corrected chi connectivity index (χ0v) is 17.6. The average molecular weight is 420 g/mol. The number of phenols is 1. The van der Waals surface area contributed by atoms with E-state index in [1.807, 2.05) is 12.1 Å². The molecule has 0 saturated heterocycles. The Morgan fingerprint density at radius 1 is 0.871 bits per heavy atom. The molecule has 1 N–H and O–H groups in total. The van der Waals surface area contributed by atoms with Gasteiger partial charge in [-0.25, -0.2) is 0 Å². The molecule has 3 rings (SSSR count). The number of allylic oxidation sites excluding steroid dienone is 1. The van der Waals surface area contributed by atoms with Crippen LogP contribution >= 0.6 is 0 Å². The number of methoxy groups -OCH3 is 3. The molecule has 31 heavy (non-hydrogen) atoms. The number of hydrogen-bond acceptors (Lipinski definition) is 6. The molecule has 3 aromatic rings. The van der Waals surface area contributed by atoms with Crippen molar-refractivity contribution in [2.75, 3.05) is 21.3 Å². The molecule has 0 aromatic heterocycles. The molecular weight excluding hydrogens is 396 g/mol. The Bertz CT molecular complexity index is 1030. The van der Waals surface area contributed by atoms with Crippen LogP contribution in [0.2, 0.25) is 0 Å². The molecule has 0 amide bonds. The second-order valence-corrected chi connectivity index (χ2v) is 6.64. The van der Waals surface area contributed by atoms with Crippen molar-refractivity contribution in [3.05, 3.63) is 83.4 Å². The summed E-state index contributed by atoms with van der Waals surface area (Å²) >= 11 is 0. The molecule has 0 radical (unpaired) electrons. The smallest absolute Gasteiger partial charge is 0.203 e. The zero-order chi connectivity index (χ0) is 22.2. The van der Waals surface area contributed by atoms with E-state index in [9.17, 15) is 9.90 Å². The lowest BCUT2D eigenvalue weighted by Crippen LogP contribution is -2.00. The zero-order valence-electron chi connectivity index (χ0n) is 17.6. The second-order valence-electron chi connectivity index (χ2n) is 6.64. The number of ketones is 1. The first kappa shape index (κ1) is 21.8. The maximum Gasteiger partial charge on any atom is 0.203 e. The van der Waals surface area contributed by atoms with E-state index in [4.69, 9.17) is 18.9 Å². The Morgan fingerprint density at radius 3 is 2.03 bits per heavy atom. The number of rotatable bonds is 9. The van der Waals surface area contributed by atoms with Gasteiger partial charge in [-0.3, -0.25) is 4.79 Å². The van der Waals surface area contributed by atoms with Crippen LogP contribution < -0.4 is 18.9 Å². The molecule has 0 aliphatic heterocycles. The van der Waals surface area contributed by atoms with Crippen LogP contribution in [0.3, 0.4) is 0 Å². The van der Waals surface area contributed by atoms with Crippen molar-refractivity contribution >= 4 is 11.9 Å². The summed E-state index contributed by atoms with van der Waals surface area (Å²) in [5.41, 5.74) is 2.23. The molecule has 0 atom stereocenters. The molecule has 0 aliphatic rings. The molecule has 0 saturated carbocycles. The summed E-state index contributed by atoms with van der Waals surface area (Å²) in [5, 5.41) is 9.31. The lowest BCUT2D eigenvalue weighted by atomic mass is 10.1. The Labute approximate surface area is 181 Å². The fourth-order valence-electron chi connectivity index (χ4n) is 2.95. The first-order valence-electron chi connectivity index (χ1n) is 9.57. The van der Waals surface area contributed by atoms with Gasteiger partial charge in [-0.15, -0.1) is 0 Å². The van der Waals surface area contributed by atoms with Crippen molar-refractivity contribution in [1.29, 1.82) is 0 Å². The minimum absolute atomic E-state index is 0.121. The summed E-state index contributed by atoms with van der Waals surface area (Å²) in [5.74, 6) is 2.34. The first-order chi connectivity index (χ1) is 15.0. The predicted octanol–water partition coefficient (Wildman–Crippen LogP) is 4.89. The molecule has 160 valence electrons. The van der Waals surface area contributed by atoms with Gasteiger partial charge in [0, 0.05) is 5.56 Å². The molecule has 0 heterocycles. The van der Waals surface area contributed by atoms with Crippen molar-refractivity contribution in [3.63, 3.8) is 0 Å². The number of carbonyl (C=O) groups is 1. The summed E-state index contributed by atoms with van der Waals surface area (Å²) < 4.78 is 21.9. The minimum Gasteiger partial charge on any atom is -0.508 e. The van der Waals surface area contributed by atoms with E-state index in [1.54, 1.807) is 75.9 Å². The molecule has 0 fully saturated rings. The third-order valence-electron chi connectivity index (χ3n) is 4.59. The van der Waals surface area contributed by atoms with Gasteiger partial charge in [-0.05, 0) is 65.7 Å². The Morgan fingerprint density at radius 2 is 1.48 bits per heavy atom. The van der Waals surface area contributed by atoms with Crippen LogP contribution in [0.5, 0.6) is 28.7 Å². The average Bonchev–Trinajstić information content (AvgIpc) is 2.81. The number of phenolic OH excluding ortho intramolecular Hbond substituents is 1. The summed E-state index contributed by atoms with van der Waals surface area (Å²) in [6, 6.07) is 17.2. The molecule has 6 nitrogen and oxygen atoms in total. The topological polar surface area (TPSA) is 74.2 Å². The van der Waals surface area contributed by atoms with E-state index in [0.717, 1.165) is 11.1 Å². The Hall–Kier alpha value is -3.93. The lowest BCUT2D eigenvalue weighted by Gasteiger charge is -2.14. The van der Waals surface area contributed by atoms with Crippen LogP contribution in [0.4, 0.5) is 0 Å². The van der Waals surface area contributed by atoms with Gasteiger partial charge in [0.25, 0.3) is 0 Å². The van der Waals surface area contributed by atoms with E-state index in [-0.39, 0.29) is 11.5 Å². The van der Waals surface area contributed by atoms with Gasteiger partial charge in [0.05, 0.1) is 21.3 Å². The van der Waals surface area contributed by atoms with Gasteiger partial charge in [-0.2, -0.15) is 0 Å². The largest absolute Gasteiger partial charge is 0.508 e. The quantitative estimate of drug-likeness (QED) is 0.392. The van der Waals surface area contributed by atoms with Gasteiger partial charge < -0.3 is 24.1 Å². The van der Waals surface area contributed by atoms with Crippen LogP contribution in [0.1, 0.15) is 21.5 Å². The molecule has 0 bridgehead atoms. The first-order valence-corrected chi connectivity index (χ1v) is 9.57. The van der Waals surface area contributed by atoms with Gasteiger partial charge >= 0.3 is 0 Å². The predicted molar refractivity (Wildman–Crippen MR) is 118 cm³/mol.